The lowest BCUT2D eigenvalue weighted by molar-refractivity contribution is -0.139. The van der Waals surface area contributed by atoms with E-state index in [-0.39, 0.29) is 33.8 Å². The quantitative estimate of drug-likeness (QED) is 0.189. The average Bonchev–Trinajstić information content (AvgIpc) is 2.83. The molecule has 196 valence electrons. The Morgan fingerprint density at radius 1 is 0.605 bits per heavy atom. The standard InChI is InChI=1S/C25H14F6N2O5/c26-24(27,28)19-9-15(11-32-21(19)34)13-3-1-5-17(7-13)37-23(36)38-18-6-2-4-14(8-18)16-10-20(25(29,30)31)22(35)33-12-16/h1-12H,(H,32,34)(H,33,35). The van der Waals surface area contributed by atoms with Crippen LogP contribution in [-0.4, -0.2) is 16.1 Å². The highest BCUT2D eigenvalue weighted by atomic mass is 19.4. The van der Waals surface area contributed by atoms with Gasteiger partial charge in [-0.05, 0) is 58.7 Å². The normalized spacial score (nSPS) is 11.7. The summed E-state index contributed by atoms with van der Waals surface area (Å²) in [4.78, 5) is 39.3. The monoisotopic (exact) mass is 536 g/mol. The molecule has 0 aliphatic rings. The van der Waals surface area contributed by atoms with E-state index >= 15 is 0 Å². The second-order valence-electron chi connectivity index (χ2n) is 7.77. The Hall–Kier alpha value is -4.81. The first-order valence-electron chi connectivity index (χ1n) is 10.5. The molecule has 0 fully saturated rings. The van der Waals surface area contributed by atoms with Gasteiger partial charge in [0, 0.05) is 12.4 Å². The third-order valence-corrected chi connectivity index (χ3v) is 5.15. The summed E-state index contributed by atoms with van der Waals surface area (Å²) >= 11 is 0. The van der Waals surface area contributed by atoms with Crippen LogP contribution in [0.1, 0.15) is 11.1 Å². The molecule has 7 nitrogen and oxygen atoms in total. The molecule has 2 aromatic heterocycles. The van der Waals surface area contributed by atoms with Gasteiger partial charge in [-0.1, -0.05) is 24.3 Å². The topological polar surface area (TPSA) is 101 Å². The van der Waals surface area contributed by atoms with E-state index in [0.29, 0.717) is 12.1 Å². The van der Waals surface area contributed by atoms with Crippen LogP contribution in [0, 0.1) is 0 Å². The number of H-pyrrole nitrogens is 2. The van der Waals surface area contributed by atoms with Crippen LogP contribution < -0.4 is 20.6 Å². The van der Waals surface area contributed by atoms with Crippen molar-refractivity contribution in [3.05, 3.63) is 105 Å². The van der Waals surface area contributed by atoms with Gasteiger partial charge in [-0.25, -0.2) is 4.79 Å². The molecule has 4 rings (SSSR count). The molecule has 4 aromatic rings. The summed E-state index contributed by atoms with van der Waals surface area (Å²) in [6.07, 6.45) is -8.85. The zero-order valence-corrected chi connectivity index (χ0v) is 18.7. The fourth-order valence-corrected chi connectivity index (χ4v) is 3.41. The number of aromatic nitrogens is 2. The summed E-state index contributed by atoms with van der Waals surface area (Å²) in [6, 6.07) is 12.1. The Kier molecular flexibility index (Phi) is 6.85. The molecule has 2 heterocycles. The summed E-state index contributed by atoms with van der Waals surface area (Å²) in [5.74, 6) is -0.197. The number of ether oxygens (including phenoxy) is 2. The van der Waals surface area contributed by atoms with Gasteiger partial charge in [0.2, 0.25) is 0 Å². The molecular formula is C25H14F6N2O5. The van der Waals surface area contributed by atoms with E-state index in [4.69, 9.17) is 9.47 Å². The van der Waals surface area contributed by atoms with E-state index in [1.807, 2.05) is 9.97 Å². The van der Waals surface area contributed by atoms with E-state index in [9.17, 15) is 40.7 Å². The number of pyridine rings is 2. The largest absolute Gasteiger partial charge is 0.519 e. The summed E-state index contributed by atoms with van der Waals surface area (Å²) in [6.45, 7) is 0. The van der Waals surface area contributed by atoms with E-state index < -0.39 is 40.8 Å². The maximum atomic E-state index is 13.1. The van der Waals surface area contributed by atoms with Gasteiger partial charge < -0.3 is 19.4 Å². The Bertz CT molecular complexity index is 1500. The van der Waals surface area contributed by atoms with E-state index in [1.165, 1.54) is 48.5 Å². The molecule has 2 aromatic carbocycles. The summed E-state index contributed by atoms with van der Waals surface area (Å²) < 4.78 is 88.5. The highest BCUT2D eigenvalue weighted by Crippen LogP contribution is 2.32. The average molecular weight is 536 g/mol. The lowest BCUT2D eigenvalue weighted by Gasteiger charge is -2.10. The minimum atomic E-state index is -4.88. The van der Waals surface area contributed by atoms with E-state index in [0.717, 1.165) is 12.4 Å². The third kappa shape index (κ3) is 5.94. The van der Waals surface area contributed by atoms with Crippen molar-refractivity contribution < 1.29 is 40.6 Å². The van der Waals surface area contributed by atoms with Crippen molar-refractivity contribution in [2.45, 2.75) is 12.4 Å². The first-order valence-corrected chi connectivity index (χ1v) is 10.5. The van der Waals surface area contributed by atoms with Crippen molar-refractivity contribution in [2.24, 2.45) is 0 Å². The molecule has 0 radical (unpaired) electrons. The number of aromatic amines is 2. The third-order valence-electron chi connectivity index (χ3n) is 5.15. The predicted molar refractivity (Wildman–Crippen MR) is 122 cm³/mol. The van der Waals surface area contributed by atoms with Gasteiger partial charge in [0.25, 0.3) is 11.1 Å². The van der Waals surface area contributed by atoms with Crippen molar-refractivity contribution >= 4 is 6.16 Å². The number of carbonyl (C=O) groups is 1. The van der Waals surface area contributed by atoms with Crippen molar-refractivity contribution in [3.8, 4) is 33.8 Å². The number of hydrogen-bond donors (Lipinski definition) is 2. The number of nitrogens with one attached hydrogen (secondary N) is 2. The number of halogens is 6. The number of benzene rings is 2. The van der Waals surface area contributed by atoms with Crippen LogP contribution in [0.15, 0.2) is 82.6 Å². The Morgan fingerprint density at radius 3 is 1.37 bits per heavy atom. The minimum absolute atomic E-state index is 0.00238. The molecule has 0 saturated heterocycles. The van der Waals surface area contributed by atoms with Crippen LogP contribution in [0.25, 0.3) is 22.3 Å². The van der Waals surface area contributed by atoms with E-state index in [2.05, 4.69) is 0 Å². The molecule has 0 aliphatic carbocycles. The molecule has 38 heavy (non-hydrogen) atoms. The number of carbonyl (C=O) groups excluding carboxylic acids is 1. The summed E-state index contributed by atoms with van der Waals surface area (Å²) in [5, 5.41) is 0. The second kappa shape index (κ2) is 9.92. The molecule has 0 amide bonds. The van der Waals surface area contributed by atoms with Crippen LogP contribution in [0.4, 0.5) is 31.1 Å². The molecule has 0 bridgehead atoms. The maximum Gasteiger partial charge on any atom is 0.519 e. The molecule has 13 heteroatoms. The lowest BCUT2D eigenvalue weighted by Crippen LogP contribution is -2.21. The zero-order valence-electron chi connectivity index (χ0n) is 18.7. The second-order valence-corrected chi connectivity index (χ2v) is 7.77. The van der Waals surface area contributed by atoms with Gasteiger partial charge in [0.1, 0.15) is 22.6 Å². The molecule has 0 spiro atoms. The van der Waals surface area contributed by atoms with Crippen LogP contribution in [0.5, 0.6) is 11.5 Å². The highest BCUT2D eigenvalue weighted by molar-refractivity contribution is 5.71. The Balaban J connectivity index is 1.52. The maximum absolute atomic E-state index is 13.1. The van der Waals surface area contributed by atoms with Crippen LogP contribution in [0.2, 0.25) is 0 Å². The van der Waals surface area contributed by atoms with Crippen molar-refractivity contribution in [1.29, 1.82) is 0 Å². The van der Waals surface area contributed by atoms with Gasteiger partial charge in [-0.15, -0.1) is 0 Å². The molecule has 0 aliphatic heterocycles. The first-order chi connectivity index (χ1) is 17.8. The summed E-state index contributed by atoms with van der Waals surface area (Å²) in [7, 11) is 0. The molecular weight excluding hydrogens is 522 g/mol. The molecule has 2 N–H and O–H groups in total. The van der Waals surface area contributed by atoms with E-state index in [1.54, 1.807) is 0 Å². The Labute approximate surface area is 208 Å². The summed E-state index contributed by atoms with van der Waals surface area (Å²) in [5.41, 5.74) is -5.02. The van der Waals surface area contributed by atoms with Crippen molar-refractivity contribution in [2.75, 3.05) is 0 Å². The van der Waals surface area contributed by atoms with Gasteiger partial charge in [0.15, 0.2) is 0 Å². The van der Waals surface area contributed by atoms with Crippen molar-refractivity contribution in [1.82, 2.24) is 9.97 Å². The van der Waals surface area contributed by atoms with Gasteiger partial charge in [-0.2, -0.15) is 26.3 Å². The van der Waals surface area contributed by atoms with Crippen LogP contribution >= 0.6 is 0 Å². The minimum Gasteiger partial charge on any atom is -0.395 e. The highest BCUT2D eigenvalue weighted by Gasteiger charge is 2.35. The molecule has 0 saturated carbocycles. The predicted octanol–water partition coefficient (Wildman–Crippen LogP) is 6.01. The number of hydrogen-bond acceptors (Lipinski definition) is 5. The SMILES string of the molecule is O=C(Oc1cccc(-c2c[nH]c(=O)c(C(F)(F)F)c2)c1)Oc1cccc(-c2c[nH]c(=O)c(C(F)(F)F)c2)c1. The number of alkyl halides is 6. The fourth-order valence-electron chi connectivity index (χ4n) is 3.41. The smallest absolute Gasteiger partial charge is 0.395 e. The Morgan fingerprint density at radius 2 is 1.00 bits per heavy atom. The van der Waals surface area contributed by atoms with Gasteiger partial charge >= 0.3 is 18.5 Å². The fraction of sp³-hybridized carbons (Fsp3) is 0.0800. The first kappa shape index (κ1) is 26.3. The zero-order chi connectivity index (χ0) is 27.7. The van der Waals surface area contributed by atoms with Gasteiger partial charge in [0.05, 0.1) is 0 Å². The molecule has 0 unspecified atom stereocenters. The molecule has 0 atom stereocenters. The van der Waals surface area contributed by atoms with Gasteiger partial charge in [-0.3, -0.25) is 9.59 Å². The van der Waals surface area contributed by atoms with Crippen LogP contribution in [-0.2, 0) is 12.4 Å². The number of rotatable bonds is 4. The van der Waals surface area contributed by atoms with Crippen molar-refractivity contribution in [3.63, 3.8) is 0 Å². The van der Waals surface area contributed by atoms with Crippen LogP contribution in [0.3, 0.4) is 0 Å². The lowest BCUT2D eigenvalue weighted by atomic mass is 10.1.